The van der Waals surface area contributed by atoms with Crippen LogP contribution in [0.2, 0.25) is 0 Å². The molecule has 7 heteroatoms. The summed E-state index contributed by atoms with van der Waals surface area (Å²) in [5.74, 6) is 1.87. The van der Waals surface area contributed by atoms with Crippen LogP contribution in [0.5, 0.6) is 0 Å². The Balaban J connectivity index is 1.62. The fourth-order valence-corrected chi connectivity index (χ4v) is 3.98. The molecule has 0 spiro atoms. The number of carbonyl (C=O) groups is 1. The van der Waals surface area contributed by atoms with Crippen molar-refractivity contribution in [2.75, 3.05) is 7.05 Å². The molecule has 0 aliphatic heterocycles. The van der Waals surface area contributed by atoms with Gasteiger partial charge in [-0.3, -0.25) is 4.79 Å². The first-order valence-electron chi connectivity index (χ1n) is 8.42. The summed E-state index contributed by atoms with van der Waals surface area (Å²) >= 11 is 1.37. The number of fused-ring (bicyclic) bond motifs is 1. The lowest BCUT2D eigenvalue weighted by Gasteiger charge is -2.33. The van der Waals surface area contributed by atoms with E-state index in [1.165, 1.54) is 11.3 Å². The van der Waals surface area contributed by atoms with Crippen LogP contribution >= 0.6 is 11.3 Å². The van der Waals surface area contributed by atoms with E-state index in [0.29, 0.717) is 22.0 Å². The zero-order valence-electron chi connectivity index (χ0n) is 14.3. The van der Waals surface area contributed by atoms with E-state index in [-0.39, 0.29) is 24.2 Å². The number of aromatic amines is 1. The van der Waals surface area contributed by atoms with Crippen LogP contribution in [0, 0.1) is 11.8 Å². The van der Waals surface area contributed by atoms with Crippen LogP contribution in [0.15, 0.2) is 16.2 Å². The van der Waals surface area contributed by atoms with E-state index < -0.39 is 0 Å². The molecule has 1 aliphatic rings. The highest BCUT2D eigenvalue weighted by Crippen LogP contribution is 2.29. The molecule has 2 amide bonds. The third kappa shape index (κ3) is 3.61. The normalized spacial score (nSPS) is 24.0. The topological polar surface area (TPSA) is 78.1 Å². The third-order valence-corrected chi connectivity index (χ3v) is 5.93. The molecule has 0 radical (unpaired) electrons. The van der Waals surface area contributed by atoms with Gasteiger partial charge in [-0.2, -0.15) is 0 Å². The molecule has 1 aliphatic carbocycles. The number of thiophene rings is 1. The summed E-state index contributed by atoms with van der Waals surface area (Å²) in [6, 6.07) is 1.94. The Kier molecular flexibility index (Phi) is 4.89. The Morgan fingerprint density at radius 1 is 1.42 bits per heavy atom. The predicted octanol–water partition coefficient (Wildman–Crippen LogP) is 2.95. The standard InChI is InChI=1S/C17H24N4O2S/c1-10-4-5-12(8-11(10)2)18-17(23)21(3)9-14-19-13-6-7-24-15(13)16(22)20-14/h6-7,10-12H,4-5,8-9H2,1-3H3,(H,18,23)(H,19,20,22)/t10-,11+,12+/m1/s1. The van der Waals surface area contributed by atoms with E-state index in [2.05, 4.69) is 29.1 Å². The number of rotatable bonds is 3. The number of nitrogens with one attached hydrogen (secondary N) is 2. The number of nitrogens with zero attached hydrogens (tertiary/aromatic N) is 2. The zero-order chi connectivity index (χ0) is 17.3. The van der Waals surface area contributed by atoms with Gasteiger partial charge in [-0.25, -0.2) is 9.78 Å². The molecule has 3 rings (SSSR count). The lowest BCUT2D eigenvalue weighted by molar-refractivity contribution is 0.183. The molecule has 1 saturated carbocycles. The summed E-state index contributed by atoms with van der Waals surface area (Å²) in [6.45, 7) is 4.81. The zero-order valence-corrected chi connectivity index (χ0v) is 15.2. The smallest absolute Gasteiger partial charge is 0.317 e. The van der Waals surface area contributed by atoms with Gasteiger partial charge in [0.2, 0.25) is 0 Å². The first kappa shape index (κ1) is 17.0. The maximum Gasteiger partial charge on any atom is 0.317 e. The van der Waals surface area contributed by atoms with Crippen molar-refractivity contribution in [3.63, 3.8) is 0 Å². The van der Waals surface area contributed by atoms with Gasteiger partial charge in [0.25, 0.3) is 5.56 Å². The van der Waals surface area contributed by atoms with Gasteiger partial charge in [-0.1, -0.05) is 13.8 Å². The number of hydrogen-bond donors (Lipinski definition) is 2. The first-order chi connectivity index (χ1) is 11.4. The molecular formula is C17H24N4O2S. The van der Waals surface area contributed by atoms with E-state index >= 15 is 0 Å². The van der Waals surface area contributed by atoms with Gasteiger partial charge in [-0.15, -0.1) is 11.3 Å². The van der Waals surface area contributed by atoms with Gasteiger partial charge in [0.05, 0.1) is 12.1 Å². The van der Waals surface area contributed by atoms with Gasteiger partial charge in [-0.05, 0) is 42.5 Å². The van der Waals surface area contributed by atoms with Gasteiger partial charge < -0.3 is 15.2 Å². The Labute approximate surface area is 145 Å². The summed E-state index contributed by atoms with van der Waals surface area (Å²) in [4.78, 5) is 33.1. The van der Waals surface area contributed by atoms with Crippen LogP contribution < -0.4 is 10.9 Å². The van der Waals surface area contributed by atoms with Crippen molar-refractivity contribution in [2.24, 2.45) is 11.8 Å². The second kappa shape index (κ2) is 6.93. The number of amides is 2. The number of carbonyl (C=O) groups excluding carboxylic acids is 1. The van der Waals surface area contributed by atoms with Crippen molar-refractivity contribution in [1.29, 1.82) is 0 Å². The van der Waals surface area contributed by atoms with Crippen molar-refractivity contribution in [3.8, 4) is 0 Å². The molecule has 3 atom stereocenters. The highest BCUT2D eigenvalue weighted by molar-refractivity contribution is 7.17. The number of H-pyrrole nitrogens is 1. The van der Waals surface area contributed by atoms with E-state index in [1.807, 2.05) is 11.4 Å². The largest absolute Gasteiger partial charge is 0.335 e. The lowest BCUT2D eigenvalue weighted by Crippen LogP contribution is -2.45. The van der Waals surface area contributed by atoms with Crippen LogP contribution in [-0.2, 0) is 6.54 Å². The van der Waals surface area contributed by atoms with Crippen LogP contribution in [0.3, 0.4) is 0 Å². The van der Waals surface area contributed by atoms with Crippen LogP contribution in [0.1, 0.15) is 38.9 Å². The third-order valence-electron chi connectivity index (χ3n) is 5.02. The Hall–Kier alpha value is -1.89. The maximum atomic E-state index is 12.4. The SMILES string of the molecule is C[C@@H]1CC[C@H](NC(=O)N(C)Cc2nc3ccsc3c(=O)[nH]2)C[C@@H]1C. The molecule has 0 aromatic carbocycles. The molecule has 6 nitrogen and oxygen atoms in total. The van der Waals surface area contributed by atoms with Crippen molar-refractivity contribution in [3.05, 3.63) is 27.6 Å². The summed E-state index contributed by atoms with van der Waals surface area (Å²) < 4.78 is 0.621. The predicted molar refractivity (Wildman–Crippen MR) is 96.2 cm³/mol. The lowest BCUT2D eigenvalue weighted by atomic mass is 9.79. The van der Waals surface area contributed by atoms with Crippen molar-refractivity contribution in [1.82, 2.24) is 20.2 Å². The van der Waals surface area contributed by atoms with Gasteiger partial charge in [0.1, 0.15) is 10.5 Å². The molecule has 2 aromatic rings. The van der Waals surface area contributed by atoms with Crippen molar-refractivity contribution in [2.45, 2.75) is 45.7 Å². The molecule has 2 aromatic heterocycles. The molecule has 2 heterocycles. The minimum Gasteiger partial charge on any atom is -0.335 e. The summed E-state index contributed by atoms with van der Waals surface area (Å²) in [7, 11) is 1.72. The average Bonchev–Trinajstić information content (AvgIpc) is 3.00. The Bertz CT molecular complexity index is 784. The molecule has 24 heavy (non-hydrogen) atoms. The number of urea groups is 1. The highest BCUT2D eigenvalue weighted by atomic mass is 32.1. The number of hydrogen-bond acceptors (Lipinski definition) is 4. The number of aromatic nitrogens is 2. The van der Waals surface area contributed by atoms with E-state index in [1.54, 1.807) is 11.9 Å². The highest BCUT2D eigenvalue weighted by Gasteiger charge is 2.26. The van der Waals surface area contributed by atoms with Gasteiger partial charge in [0.15, 0.2) is 0 Å². The van der Waals surface area contributed by atoms with Crippen LogP contribution in [-0.4, -0.2) is 34.0 Å². The summed E-state index contributed by atoms with van der Waals surface area (Å²) in [6.07, 6.45) is 3.21. The monoisotopic (exact) mass is 348 g/mol. The van der Waals surface area contributed by atoms with Crippen LogP contribution in [0.4, 0.5) is 4.79 Å². The van der Waals surface area contributed by atoms with Crippen molar-refractivity contribution < 1.29 is 4.79 Å². The quantitative estimate of drug-likeness (QED) is 0.895. The molecular weight excluding hydrogens is 324 g/mol. The maximum absolute atomic E-state index is 12.4. The molecule has 0 bridgehead atoms. The summed E-state index contributed by atoms with van der Waals surface area (Å²) in [5.41, 5.74) is 0.538. The minimum absolute atomic E-state index is 0.116. The van der Waals surface area contributed by atoms with Gasteiger partial charge >= 0.3 is 6.03 Å². The second-order valence-corrected chi connectivity index (χ2v) is 7.83. The van der Waals surface area contributed by atoms with E-state index in [9.17, 15) is 9.59 Å². The molecule has 0 unspecified atom stereocenters. The molecule has 1 fully saturated rings. The fourth-order valence-electron chi connectivity index (χ4n) is 3.26. The Morgan fingerprint density at radius 3 is 2.96 bits per heavy atom. The van der Waals surface area contributed by atoms with Gasteiger partial charge in [0, 0.05) is 13.1 Å². The average molecular weight is 348 g/mol. The molecule has 2 N–H and O–H groups in total. The molecule has 0 saturated heterocycles. The molecule has 130 valence electrons. The van der Waals surface area contributed by atoms with Crippen LogP contribution in [0.25, 0.3) is 10.2 Å². The minimum atomic E-state index is -0.145. The second-order valence-electron chi connectivity index (χ2n) is 6.92. The Morgan fingerprint density at radius 2 is 2.21 bits per heavy atom. The van der Waals surface area contributed by atoms with Crippen molar-refractivity contribution >= 4 is 27.6 Å². The fraction of sp³-hybridized carbons (Fsp3) is 0.588. The first-order valence-corrected chi connectivity index (χ1v) is 9.30. The van der Waals surface area contributed by atoms with E-state index in [0.717, 1.165) is 25.2 Å². The summed E-state index contributed by atoms with van der Waals surface area (Å²) in [5, 5.41) is 4.95. The van der Waals surface area contributed by atoms with E-state index in [4.69, 9.17) is 0 Å².